The van der Waals surface area contributed by atoms with E-state index < -0.39 is 60.7 Å². The smallest absolute Gasteiger partial charge is 0.407 e. The highest BCUT2D eigenvalue weighted by atomic mass is 32.2. The number of carbonyl (C=O) groups is 1. The van der Waals surface area contributed by atoms with E-state index in [-0.39, 0.29) is 48.0 Å². The van der Waals surface area contributed by atoms with Crippen molar-refractivity contribution in [2.45, 2.75) is 61.9 Å². The number of alkyl carbamates (subject to hydrolysis) is 1. The van der Waals surface area contributed by atoms with E-state index in [0.29, 0.717) is 33.9 Å². The van der Waals surface area contributed by atoms with Crippen molar-refractivity contribution in [1.82, 2.24) is 34.6 Å². The number of nitrogens with two attached hydrogens (primary N) is 2. The van der Waals surface area contributed by atoms with Crippen LogP contribution in [0.15, 0.2) is 113 Å². The lowest BCUT2D eigenvalue weighted by Crippen LogP contribution is -2.42. The van der Waals surface area contributed by atoms with Gasteiger partial charge in [-0.25, -0.2) is 26.4 Å². The number of carbonyl (C=O) groups excluding carboxylic acids is 1. The number of nitrogens with one attached hydrogen (secondary N) is 2. The molecule has 6 rings (SSSR count). The Hall–Kier alpha value is -6.78. The number of aliphatic hydroxyl groups excluding tert-OH is 1. The monoisotopic (exact) mass is 943 g/mol. The van der Waals surface area contributed by atoms with Crippen LogP contribution in [0.2, 0.25) is 0 Å². The highest BCUT2D eigenvalue weighted by molar-refractivity contribution is 7.92. The lowest BCUT2D eigenvalue weighted by Gasteiger charge is -2.26. The van der Waals surface area contributed by atoms with Crippen LogP contribution >= 0.6 is 0 Å². The van der Waals surface area contributed by atoms with Crippen molar-refractivity contribution in [2.75, 3.05) is 45.9 Å². The van der Waals surface area contributed by atoms with Crippen LogP contribution in [0, 0.1) is 0 Å². The van der Waals surface area contributed by atoms with Gasteiger partial charge in [0.05, 0.1) is 50.9 Å². The third kappa shape index (κ3) is 12.1. The summed E-state index contributed by atoms with van der Waals surface area (Å²) in [6.07, 6.45) is -2.30. The van der Waals surface area contributed by atoms with E-state index >= 15 is 8.42 Å². The molecule has 19 nitrogen and oxygen atoms in total. The molecule has 0 bridgehead atoms. The number of methoxy groups -OCH3 is 3. The van der Waals surface area contributed by atoms with E-state index in [1.165, 1.54) is 37.2 Å². The van der Waals surface area contributed by atoms with Crippen LogP contribution in [0.4, 0.5) is 16.2 Å². The molecule has 7 N–H and O–H groups in total. The summed E-state index contributed by atoms with van der Waals surface area (Å²) >= 11 is 0. The average molecular weight is 944 g/mol. The molecular formula is C45H53N9O10S2. The number of hydrogen-bond acceptors (Lipinski definition) is 15. The number of aliphatic hydroxyl groups is 1. The lowest BCUT2D eigenvalue weighted by atomic mass is 9.98. The molecule has 0 saturated carbocycles. The van der Waals surface area contributed by atoms with Crippen LogP contribution in [0.1, 0.15) is 37.5 Å². The van der Waals surface area contributed by atoms with E-state index in [4.69, 9.17) is 30.4 Å². The van der Waals surface area contributed by atoms with Crippen molar-refractivity contribution in [3.05, 3.63) is 120 Å². The fourth-order valence-electron chi connectivity index (χ4n) is 6.64. The molecule has 0 fully saturated rings. The zero-order valence-corrected chi connectivity index (χ0v) is 38.9. The maximum Gasteiger partial charge on any atom is 0.407 e. The first-order valence-electron chi connectivity index (χ1n) is 20.4. The largest absolute Gasteiger partial charge is 0.497 e. The maximum absolute atomic E-state index is 15.9. The van der Waals surface area contributed by atoms with Gasteiger partial charge in [0.1, 0.15) is 32.6 Å². The molecule has 0 radical (unpaired) electrons. The number of hydrogen-bond donors (Lipinski definition) is 5. The number of ether oxygens (including phenoxy) is 4. The minimum absolute atomic E-state index is 0.0963. The zero-order chi connectivity index (χ0) is 47.8. The van der Waals surface area contributed by atoms with Gasteiger partial charge in [-0.2, -0.15) is 9.10 Å². The van der Waals surface area contributed by atoms with Crippen molar-refractivity contribution >= 4 is 37.5 Å². The van der Waals surface area contributed by atoms with Crippen LogP contribution in [0.3, 0.4) is 0 Å². The van der Waals surface area contributed by atoms with Gasteiger partial charge in [-0.3, -0.25) is 0 Å². The van der Waals surface area contributed by atoms with Crippen LogP contribution in [-0.4, -0.2) is 98.7 Å². The Kier molecular flexibility index (Phi) is 15.2. The number of anilines is 2. The first kappa shape index (κ1) is 48.7. The molecule has 350 valence electrons. The van der Waals surface area contributed by atoms with E-state index in [9.17, 15) is 18.3 Å². The summed E-state index contributed by atoms with van der Waals surface area (Å²) in [7, 11) is -5.28. The fraction of sp³-hybridized carbons (Fsp3) is 0.289. The summed E-state index contributed by atoms with van der Waals surface area (Å²) in [6.45, 7) is 3.57. The molecule has 1 aromatic heterocycles. The van der Waals surface area contributed by atoms with Crippen molar-refractivity contribution in [3.8, 4) is 39.8 Å². The third-order valence-corrected chi connectivity index (χ3v) is 13.5. The van der Waals surface area contributed by atoms with Crippen LogP contribution in [-0.2, 0) is 44.4 Å². The van der Waals surface area contributed by atoms with Crippen molar-refractivity contribution in [3.63, 3.8) is 0 Å². The van der Waals surface area contributed by atoms with Gasteiger partial charge in [0.25, 0.3) is 0 Å². The molecule has 0 spiro atoms. The molecule has 1 unspecified atom stereocenters. The van der Waals surface area contributed by atoms with Crippen molar-refractivity contribution in [1.29, 1.82) is 0 Å². The van der Waals surface area contributed by atoms with Crippen LogP contribution in [0.25, 0.3) is 22.5 Å². The van der Waals surface area contributed by atoms with Crippen molar-refractivity contribution < 1.29 is 45.7 Å². The SMILES string of the molecule is COc1ccc(CN(Cc2ccc(OC)cc2)S(=O)(=O)c2c(S(=O)(=O)NCC(O)CNC(=O)OC(C)(C)C)ccc(-c3ccc(N)c(N)c3)c2-c2nnn(Cc3ccc(OC)cc3)n2)cc1. The molecule has 1 heterocycles. The molecule has 6 aromatic rings. The van der Waals surface area contributed by atoms with Gasteiger partial charge < -0.3 is 40.8 Å². The first-order chi connectivity index (χ1) is 31.3. The molecular weight excluding hydrogens is 891 g/mol. The topological polar surface area (TPSA) is 265 Å². The fourth-order valence-corrected chi connectivity index (χ4v) is 10.1. The van der Waals surface area contributed by atoms with Gasteiger partial charge >= 0.3 is 6.09 Å². The molecule has 66 heavy (non-hydrogen) atoms. The van der Waals surface area contributed by atoms with E-state index in [2.05, 4.69) is 25.4 Å². The lowest BCUT2D eigenvalue weighted by molar-refractivity contribution is 0.0494. The van der Waals surface area contributed by atoms with Crippen LogP contribution in [0.5, 0.6) is 17.2 Å². The normalized spacial score (nSPS) is 12.4. The number of nitrogens with zero attached hydrogens (tertiary/aromatic N) is 5. The second-order valence-corrected chi connectivity index (χ2v) is 19.6. The number of amides is 1. The third-order valence-electron chi connectivity index (χ3n) is 9.99. The summed E-state index contributed by atoms with van der Waals surface area (Å²) in [6, 6.07) is 27.8. The molecule has 21 heteroatoms. The number of sulfonamides is 2. The van der Waals surface area contributed by atoms with E-state index in [1.54, 1.807) is 107 Å². The molecule has 0 saturated heterocycles. The van der Waals surface area contributed by atoms with Gasteiger partial charge in [0.15, 0.2) is 0 Å². The Morgan fingerprint density at radius 3 is 1.82 bits per heavy atom. The number of nitrogen functional groups attached to an aromatic ring is 2. The van der Waals surface area contributed by atoms with Gasteiger partial charge in [-0.15, -0.1) is 10.2 Å². The number of aromatic nitrogens is 4. The minimum Gasteiger partial charge on any atom is -0.497 e. The van der Waals surface area contributed by atoms with Crippen molar-refractivity contribution in [2.24, 2.45) is 0 Å². The molecule has 0 aliphatic carbocycles. The zero-order valence-electron chi connectivity index (χ0n) is 37.3. The molecule has 1 amide bonds. The molecule has 0 aliphatic heterocycles. The van der Waals surface area contributed by atoms with E-state index in [1.807, 2.05) is 0 Å². The van der Waals surface area contributed by atoms with Gasteiger partial charge in [-0.1, -0.05) is 48.5 Å². The van der Waals surface area contributed by atoms with Gasteiger partial charge in [0.2, 0.25) is 25.9 Å². The average Bonchev–Trinajstić information content (AvgIpc) is 3.76. The predicted octanol–water partition coefficient (Wildman–Crippen LogP) is 4.80. The predicted molar refractivity (Wildman–Crippen MR) is 247 cm³/mol. The second-order valence-electron chi connectivity index (χ2n) is 16.0. The summed E-state index contributed by atoms with van der Waals surface area (Å²) in [5, 5.41) is 26.5. The Balaban J connectivity index is 1.56. The highest BCUT2D eigenvalue weighted by Gasteiger charge is 2.38. The Morgan fingerprint density at radius 1 is 0.758 bits per heavy atom. The van der Waals surface area contributed by atoms with Crippen LogP contribution < -0.4 is 35.7 Å². The summed E-state index contributed by atoms with van der Waals surface area (Å²) in [4.78, 5) is 12.2. The summed E-state index contributed by atoms with van der Waals surface area (Å²) in [5.41, 5.74) is 14.2. The quantitative estimate of drug-likeness (QED) is 0.0683. The molecule has 0 aliphatic rings. The highest BCUT2D eigenvalue weighted by Crippen LogP contribution is 2.42. The first-order valence-corrected chi connectivity index (χ1v) is 23.4. The van der Waals surface area contributed by atoms with Gasteiger partial charge in [-0.05, 0) is 108 Å². The molecule has 1 atom stereocenters. The number of tetrazole rings is 1. The van der Waals surface area contributed by atoms with Gasteiger partial charge in [0, 0.05) is 26.2 Å². The summed E-state index contributed by atoms with van der Waals surface area (Å²) in [5.74, 6) is 1.46. The minimum atomic E-state index is -4.98. The standard InChI is InChI=1S/C45H53N9O10S2/c1-45(2,3)64-44(56)48-24-33(55)25-49-65(57,58)40-22-20-37(32-13-21-38(46)39(47)23-32)41(43-50-52-54(51-43)28-31-11-18-36(63-6)19-12-31)42(40)66(59,60)53(26-29-7-14-34(61-4)15-8-29)27-30-9-16-35(62-5)17-10-30/h7-23,33,49,55H,24-28,46-47H2,1-6H3,(H,48,56). The Labute approximate surface area is 383 Å². The Morgan fingerprint density at radius 2 is 1.30 bits per heavy atom. The summed E-state index contributed by atoms with van der Waals surface area (Å²) < 4.78 is 85.8. The number of benzene rings is 5. The second kappa shape index (κ2) is 20.6. The van der Waals surface area contributed by atoms with E-state index in [0.717, 1.165) is 15.9 Å². The Bertz CT molecular complexity index is 2800. The molecule has 5 aromatic carbocycles. The number of rotatable bonds is 19. The maximum atomic E-state index is 15.9.